The molecule has 0 fully saturated rings. The average molecular weight is 330 g/mol. The molecule has 25 heavy (non-hydrogen) atoms. The molecule has 4 rings (SSSR count). The summed E-state index contributed by atoms with van der Waals surface area (Å²) in [5.74, 6) is -0.398. The summed E-state index contributed by atoms with van der Waals surface area (Å²) < 4.78 is 5.24. The number of hydrogen-bond acceptors (Lipinski definition) is 3. The van der Waals surface area contributed by atoms with Crippen molar-refractivity contribution >= 4 is 27.8 Å². The summed E-state index contributed by atoms with van der Waals surface area (Å²) in [7, 11) is 0. The van der Waals surface area contributed by atoms with Crippen LogP contribution in [0.3, 0.4) is 0 Å². The van der Waals surface area contributed by atoms with E-state index in [1.165, 1.54) is 5.56 Å². The number of rotatable bonds is 3. The molecular formula is C21H18N2O2. The van der Waals surface area contributed by atoms with Crippen LogP contribution in [0.25, 0.3) is 32.9 Å². The lowest BCUT2D eigenvalue weighted by Gasteiger charge is -2.10. The molecule has 4 nitrogen and oxygen atoms in total. The van der Waals surface area contributed by atoms with Crippen LogP contribution >= 0.6 is 0 Å². The molecule has 0 saturated heterocycles. The number of pyridine rings is 1. The van der Waals surface area contributed by atoms with Crippen molar-refractivity contribution in [1.82, 2.24) is 9.97 Å². The van der Waals surface area contributed by atoms with E-state index in [0.29, 0.717) is 12.3 Å². The van der Waals surface area contributed by atoms with Gasteiger partial charge in [-0.25, -0.2) is 9.78 Å². The topological polar surface area (TPSA) is 55.0 Å². The maximum absolute atomic E-state index is 12.5. The van der Waals surface area contributed by atoms with Crippen LogP contribution in [0.1, 0.15) is 23.0 Å². The Morgan fingerprint density at radius 3 is 2.68 bits per heavy atom. The first-order valence-electron chi connectivity index (χ1n) is 8.32. The third-order valence-corrected chi connectivity index (χ3v) is 4.32. The minimum atomic E-state index is -0.398. The molecule has 0 unspecified atom stereocenters. The van der Waals surface area contributed by atoms with Gasteiger partial charge in [0.25, 0.3) is 0 Å². The smallest absolute Gasteiger partial charge is 0.357 e. The second-order valence-electron chi connectivity index (χ2n) is 6.03. The molecular weight excluding hydrogens is 312 g/mol. The van der Waals surface area contributed by atoms with E-state index in [4.69, 9.17) is 4.74 Å². The second kappa shape index (κ2) is 6.06. The minimum absolute atomic E-state index is 0.319. The van der Waals surface area contributed by atoms with E-state index in [2.05, 4.69) is 35.1 Å². The molecule has 0 spiro atoms. The summed E-state index contributed by atoms with van der Waals surface area (Å²) in [5, 5.41) is 2.09. The number of esters is 1. The molecule has 0 aliphatic carbocycles. The van der Waals surface area contributed by atoms with Gasteiger partial charge in [0.15, 0.2) is 5.69 Å². The summed E-state index contributed by atoms with van der Waals surface area (Å²) in [6.45, 7) is 4.18. The number of benzene rings is 2. The van der Waals surface area contributed by atoms with Crippen molar-refractivity contribution in [3.8, 4) is 11.1 Å². The fourth-order valence-electron chi connectivity index (χ4n) is 3.24. The highest BCUT2D eigenvalue weighted by Crippen LogP contribution is 2.36. The molecule has 0 saturated carbocycles. The predicted molar refractivity (Wildman–Crippen MR) is 99.7 cm³/mol. The van der Waals surface area contributed by atoms with E-state index in [0.717, 1.165) is 32.9 Å². The number of aromatic nitrogens is 2. The Morgan fingerprint density at radius 2 is 1.92 bits per heavy atom. The number of aryl methyl sites for hydroxylation is 1. The van der Waals surface area contributed by atoms with Crippen molar-refractivity contribution in [2.75, 3.05) is 6.61 Å². The third kappa shape index (κ3) is 2.56. The molecule has 2 heterocycles. The number of nitrogens with zero attached hydrogens (tertiary/aromatic N) is 1. The first kappa shape index (κ1) is 15.4. The van der Waals surface area contributed by atoms with Crippen molar-refractivity contribution in [1.29, 1.82) is 0 Å². The van der Waals surface area contributed by atoms with Crippen LogP contribution in [0.4, 0.5) is 0 Å². The van der Waals surface area contributed by atoms with E-state index < -0.39 is 5.97 Å². The zero-order valence-corrected chi connectivity index (χ0v) is 14.2. The highest BCUT2D eigenvalue weighted by atomic mass is 16.5. The van der Waals surface area contributed by atoms with Gasteiger partial charge in [0.2, 0.25) is 0 Å². The molecule has 0 amide bonds. The van der Waals surface area contributed by atoms with Crippen LogP contribution in [0.2, 0.25) is 0 Å². The molecule has 0 aliphatic heterocycles. The number of carbonyl (C=O) groups excluding carboxylic acids is 1. The number of fused-ring (bicyclic) bond motifs is 3. The molecule has 4 aromatic rings. The molecule has 0 atom stereocenters. The van der Waals surface area contributed by atoms with Crippen molar-refractivity contribution in [2.24, 2.45) is 0 Å². The maximum Gasteiger partial charge on any atom is 0.357 e. The number of carbonyl (C=O) groups is 1. The van der Waals surface area contributed by atoms with Crippen LogP contribution in [0.15, 0.2) is 54.7 Å². The molecule has 2 aromatic carbocycles. The van der Waals surface area contributed by atoms with Crippen LogP contribution in [0.5, 0.6) is 0 Å². The fourth-order valence-corrected chi connectivity index (χ4v) is 3.24. The SMILES string of the molecule is CCOC(=O)c1ncc2[nH]c3ccc(C)cc3c2c1-c1ccccc1. The van der Waals surface area contributed by atoms with Crippen molar-refractivity contribution in [3.63, 3.8) is 0 Å². The number of nitrogens with one attached hydrogen (secondary N) is 1. The molecule has 124 valence electrons. The minimum Gasteiger partial charge on any atom is -0.461 e. The highest BCUT2D eigenvalue weighted by Gasteiger charge is 2.21. The number of H-pyrrole nitrogens is 1. The predicted octanol–water partition coefficient (Wildman–Crippen LogP) is 4.87. The van der Waals surface area contributed by atoms with Gasteiger partial charge in [-0.05, 0) is 31.5 Å². The van der Waals surface area contributed by atoms with Gasteiger partial charge in [0, 0.05) is 21.9 Å². The standard InChI is InChI=1S/C21H18N2O2/c1-3-25-21(24)20-18(14-7-5-4-6-8-14)19-15-11-13(2)9-10-16(15)23-17(19)12-22-20/h4-12,23H,3H2,1-2H3. The largest absolute Gasteiger partial charge is 0.461 e. The number of ether oxygens (including phenoxy) is 1. The van der Waals surface area contributed by atoms with Crippen molar-refractivity contribution in [3.05, 3.63) is 66.0 Å². The Kier molecular flexibility index (Phi) is 3.73. The van der Waals surface area contributed by atoms with Gasteiger partial charge in [0.1, 0.15) is 0 Å². The second-order valence-corrected chi connectivity index (χ2v) is 6.03. The lowest BCUT2D eigenvalue weighted by molar-refractivity contribution is 0.0520. The highest BCUT2D eigenvalue weighted by molar-refractivity contribution is 6.17. The van der Waals surface area contributed by atoms with E-state index in [-0.39, 0.29) is 0 Å². The Morgan fingerprint density at radius 1 is 1.12 bits per heavy atom. The molecule has 1 N–H and O–H groups in total. The average Bonchev–Trinajstić information content (AvgIpc) is 2.99. The first-order valence-corrected chi connectivity index (χ1v) is 8.32. The Bertz CT molecular complexity index is 1080. The molecule has 0 radical (unpaired) electrons. The van der Waals surface area contributed by atoms with E-state index in [1.807, 2.05) is 30.3 Å². The maximum atomic E-state index is 12.5. The molecule has 0 bridgehead atoms. The summed E-state index contributed by atoms with van der Waals surface area (Å²) in [4.78, 5) is 20.3. The van der Waals surface area contributed by atoms with Crippen LogP contribution < -0.4 is 0 Å². The zero-order valence-electron chi connectivity index (χ0n) is 14.2. The molecule has 0 aliphatic rings. The lowest BCUT2D eigenvalue weighted by Crippen LogP contribution is -2.09. The van der Waals surface area contributed by atoms with Gasteiger partial charge in [-0.1, -0.05) is 42.0 Å². The summed E-state index contributed by atoms with van der Waals surface area (Å²) >= 11 is 0. The van der Waals surface area contributed by atoms with Gasteiger partial charge in [0.05, 0.1) is 18.3 Å². The zero-order chi connectivity index (χ0) is 17.4. The quantitative estimate of drug-likeness (QED) is 0.545. The fraction of sp³-hybridized carbons (Fsp3) is 0.143. The Hall–Kier alpha value is -3.14. The summed E-state index contributed by atoms with van der Waals surface area (Å²) in [6.07, 6.45) is 1.71. The van der Waals surface area contributed by atoms with E-state index >= 15 is 0 Å². The molecule has 4 heteroatoms. The monoisotopic (exact) mass is 330 g/mol. The van der Waals surface area contributed by atoms with Crippen LogP contribution in [-0.2, 0) is 4.74 Å². The molecule has 2 aromatic heterocycles. The third-order valence-electron chi connectivity index (χ3n) is 4.32. The normalized spacial score (nSPS) is 11.1. The first-order chi connectivity index (χ1) is 12.2. The van der Waals surface area contributed by atoms with Crippen molar-refractivity contribution in [2.45, 2.75) is 13.8 Å². The van der Waals surface area contributed by atoms with Gasteiger partial charge in [-0.15, -0.1) is 0 Å². The van der Waals surface area contributed by atoms with Gasteiger partial charge in [-0.2, -0.15) is 0 Å². The van der Waals surface area contributed by atoms with Gasteiger partial charge < -0.3 is 9.72 Å². The number of hydrogen-bond donors (Lipinski definition) is 1. The summed E-state index contributed by atoms with van der Waals surface area (Å²) in [5.41, 5.74) is 5.22. The number of aromatic amines is 1. The van der Waals surface area contributed by atoms with Crippen molar-refractivity contribution < 1.29 is 9.53 Å². The Labute approximate surface area is 145 Å². The van der Waals surface area contributed by atoms with E-state index in [1.54, 1.807) is 13.1 Å². The Balaban J connectivity index is 2.14. The van der Waals surface area contributed by atoms with E-state index in [9.17, 15) is 4.79 Å². The van der Waals surface area contributed by atoms with Gasteiger partial charge >= 0.3 is 5.97 Å². The van der Waals surface area contributed by atoms with Crippen LogP contribution in [-0.4, -0.2) is 22.5 Å². The lowest BCUT2D eigenvalue weighted by atomic mass is 9.97. The summed E-state index contributed by atoms with van der Waals surface area (Å²) in [6, 6.07) is 16.1. The van der Waals surface area contributed by atoms with Crippen LogP contribution in [0, 0.1) is 6.92 Å². The van der Waals surface area contributed by atoms with Gasteiger partial charge in [-0.3, -0.25) is 0 Å².